The largest absolute Gasteiger partial charge is 0.481 e. The van der Waals surface area contributed by atoms with Crippen LogP contribution in [0.2, 0.25) is 5.02 Å². The molecule has 5 nitrogen and oxygen atoms in total. The Hall–Kier alpha value is -1.85. The molecule has 2 aliphatic rings. The van der Waals surface area contributed by atoms with Gasteiger partial charge in [-0.05, 0) is 30.7 Å². The minimum Gasteiger partial charge on any atom is -0.481 e. The highest BCUT2D eigenvalue weighted by molar-refractivity contribution is 6.31. The first kappa shape index (κ1) is 14.7. The maximum Gasteiger partial charge on any atom is 0.311 e. The smallest absolute Gasteiger partial charge is 0.311 e. The van der Waals surface area contributed by atoms with Crippen molar-refractivity contribution in [2.75, 3.05) is 31.2 Å². The Labute approximate surface area is 138 Å². The van der Waals surface area contributed by atoms with Gasteiger partial charge in [-0.25, -0.2) is 0 Å². The van der Waals surface area contributed by atoms with Gasteiger partial charge < -0.3 is 14.7 Å². The molecule has 2 aromatic rings. The van der Waals surface area contributed by atoms with E-state index < -0.39 is 11.4 Å². The van der Waals surface area contributed by atoms with Crippen LogP contribution in [0.25, 0.3) is 10.9 Å². The van der Waals surface area contributed by atoms with Gasteiger partial charge in [0.25, 0.3) is 0 Å². The van der Waals surface area contributed by atoms with Crippen LogP contribution in [0.3, 0.4) is 0 Å². The number of aliphatic carboxylic acids is 1. The molecule has 0 saturated carbocycles. The molecule has 0 spiro atoms. The van der Waals surface area contributed by atoms with E-state index in [1.165, 1.54) is 0 Å². The van der Waals surface area contributed by atoms with Crippen molar-refractivity contribution in [3.05, 3.63) is 35.5 Å². The summed E-state index contributed by atoms with van der Waals surface area (Å²) in [5, 5.41) is 11.4. The normalized spacial score (nSPS) is 27.2. The topological polar surface area (TPSA) is 62.7 Å². The molecule has 3 heterocycles. The Morgan fingerprint density at radius 2 is 2.30 bits per heavy atom. The zero-order valence-electron chi connectivity index (χ0n) is 12.5. The summed E-state index contributed by atoms with van der Waals surface area (Å²) in [5.74, 6) is -0.708. The molecule has 23 heavy (non-hydrogen) atoms. The van der Waals surface area contributed by atoms with Crippen molar-refractivity contribution >= 4 is 34.2 Å². The van der Waals surface area contributed by atoms with Crippen LogP contribution in [0.4, 0.5) is 5.69 Å². The van der Waals surface area contributed by atoms with Crippen LogP contribution < -0.4 is 4.90 Å². The second kappa shape index (κ2) is 5.35. The molecule has 6 heteroatoms. The van der Waals surface area contributed by atoms with Gasteiger partial charge in [0.1, 0.15) is 0 Å². The number of pyridine rings is 1. The minimum absolute atomic E-state index is 0.0103. The number of carboxylic acids is 1. The highest BCUT2D eigenvalue weighted by atomic mass is 35.5. The number of rotatable bonds is 2. The van der Waals surface area contributed by atoms with E-state index in [0.717, 1.165) is 16.6 Å². The number of carboxylic acid groups (broad SMARTS) is 1. The van der Waals surface area contributed by atoms with Crippen molar-refractivity contribution < 1.29 is 14.6 Å². The van der Waals surface area contributed by atoms with Gasteiger partial charge in [-0.1, -0.05) is 11.6 Å². The summed E-state index contributed by atoms with van der Waals surface area (Å²) in [7, 11) is 0. The highest BCUT2D eigenvalue weighted by Gasteiger charge is 2.54. The molecule has 120 valence electrons. The standard InChI is InChI=1S/C17H17ClN2O3/c18-12-1-2-14-13(7-12)15(3-5-19-14)20-8-11-9-23-6-4-17(11,10-20)16(21)22/h1-3,5,7,11H,4,6,8-10H2,(H,21,22)/t11-,17+/m1/s1. The fraction of sp³-hybridized carbons (Fsp3) is 0.412. The number of nitrogens with zero attached hydrogens (tertiary/aromatic N) is 2. The summed E-state index contributed by atoms with van der Waals surface area (Å²) in [4.78, 5) is 18.5. The molecule has 2 aliphatic heterocycles. The van der Waals surface area contributed by atoms with Gasteiger partial charge in [0, 0.05) is 47.9 Å². The quantitative estimate of drug-likeness (QED) is 0.916. The van der Waals surface area contributed by atoms with Crippen molar-refractivity contribution in [2.45, 2.75) is 6.42 Å². The molecule has 1 aromatic carbocycles. The SMILES string of the molecule is O=C(O)[C@]12CCOC[C@H]1CN(c1ccnc3ccc(Cl)cc13)C2. The average molecular weight is 333 g/mol. The zero-order chi connectivity index (χ0) is 16.0. The van der Waals surface area contributed by atoms with Crippen LogP contribution >= 0.6 is 11.6 Å². The summed E-state index contributed by atoms with van der Waals surface area (Å²) in [6, 6.07) is 7.54. The Morgan fingerprint density at radius 3 is 3.09 bits per heavy atom. The number of hydrogen-bond acceptors (Lipinski definition) is 4. The zero-order valence-corrected chi connectivity index (χ0v) is 13.3. The number of benzene rings is 1. The first-order chi connectivity index (χ1) is 11.1. The van der Waals surface area contributed by atoms with Gasteiger partial charge in [0.15, 0.2) is 0 Å². The maximum atomic E-state index is 11.9. The monoisotopic (exact) mass is 332 g/mol. The van der Waals surface area contributed by atoms with Crippen LogP contribution in [0.15, 0.2) is 30.5 Å². The van der Waals surface area contributed by atoms with Crippen molar-refractivity contribution in [1.82, 2.24) is 4.98 Å². The molecule has 0 aliphatic carbocycles. The third kappa shape index (κ3) is 2.26. The molecule has 2 atom stereocenters. The predicted octanol–water partition coefficient (Wildman–Crippen LogP) is 2.82. The molecule has 0 amide bonds. The lowest BCUT2D eigenvalue weighted by molar-refractivity contribution is -0.157. The second-order valence-electron chi connectivity index (χ2n) is 6.36. The van der Waals surface area contributed by atoms with E-state index in [1.54, 1.807) is 6.20 Å². The van der Waals surface area contributed by atoms with Crippen molar-refractivity contribution in [2.24, 2.45) is 11.3 Å². The molecular weight excluding hydrogens is 316 g/mol. The predicted molar refractivity (Wildman–Crippen MR) is 88.0 cm³/mol. The van der Waals surface area contributed by atoms with Crippen LogP contribution in [0.5, 0.6) is 0 Å². The fourth-order valence-corrected chi connectivity index (χ4v) is 4.03. The number of carbonyl (C=O) groups is 1. The summed E-state index contributed by atoms with van der Waals surface area (Å²) in [6.07, 6.45) is 2.32. The van der Waals surface area contributed by atoms with Gasteiger partial charge in [0.2, 0.25) is 0 Å². The highest BCUT2D eigenvalue weighted by Crippen LogP contribution is 2.45. The van der Waals surface area contributed by atoms with Gasteiger partial charge in [0.05, 0.1) is 17.5 Å². The molecule has 0 unspecified atom stereocenters. The molecule has 0 radical (unpaired) electrons. The number of fused-ring (bicyclic) bond motifs is 2. The molecule has 1 N–H and O–H groups in total. The van der Waals surface area contributed by atoms with Crippen molar-refractivity contribution in [3.8, 4) is 0 Å². The lowest BCUT2D eigenvalue weighted by Crippen LogP contribution is -2.44. The second-order valence-corrected chi connectivity index (χ2v) is 6.79. The van der Waals surface area contributed by atoms with Crippen LogP contribution in [-0.2, 0) is 9.53 Å². The Morgan fingerprint density at radius 1 is 1.43 bits per heavy atom. The summed E-state index contributed by atoms with van der Waals surface area (Å²) in [6.45, 7) is 2.20. The summed E-state index contributed by atoms with van der Waals surface area (Å²) in [5.41, 5.74) is 1.14. The van der Waals surface area contributed by atoms with Crippen molar-refractivity contribution in [3.63, 3.8) is 0 Å². The van der Waals surface area contributed by atoms with Crippen molar-refractivity contribution in [1.29, 1.82) is 0 Å². The van der Waals surface area contributed by atoms with E-state index in [4.69, 9.17) is 16.3 Å². The van der Waals surface area contributed by atoms with E-state index >= 15 is 0 Å². The maximum absolute atomic E-state index is 11.9. The number of halogens is 1. The van der Waals surface area contributed by atoms with Crippen LogP contribution in [-0.4, -0.2) is 42.4 Å². The molecule has 2 saturated heterocycles. The number of hydrogen-bond donors (Lipinski definition) is 1. The van der Waals surface area contributed by atoms with Gasteiger partial charge in [-0.2, -0.15) is 0 Å². The molecular formula is C17H17ClN2O3. The first-order valence-corrected chi connectivity index (χ1v) is 8.08. The molecule has 1 aromatic heterocycles. The Bertz CT molecular complexity index is 782. The Balaban J connectivity index is 1.78. The third-order valence-electron chi connectivity index (χ3n) is 5.15. The summed E-state index contributed by atoms with van der Waals surface area (Å²) < 4.78 is 5.53. The summed E-state index contributed by atoms with van der Waals surface area (Å²) >= 11 is 6.14. The lowest BCUT2D eigenvalue weighted by Gasteiger charge is -2.34. The van der Waals surface area contributed by atoms with Crippen LogP contribution in [0, 0.1) is 11.3 Å². The fourth-order valence-electron chi connectivity index (χ4n) is 3.86. The molecule has 4 rings (SSSR count). The number of aromatic nitrogens is 1. The van der Waals surface area contributed by atoms with E-state index in [9.17, 15) is 9.90 Å². The van der Waals surface area contributed by atoms with E-state index in [-0.39, 0.29) is 5.92 Å². The van der Waals surface area contributed by atoms with Gasteiger partial charge >= 0.3 is 5.97 Å². The third-order valence-corrected chi connectivity index (χ3v) is 5.39. The van der Waals surface area contributed by atoms with Gasteiger partial charge in [-0.15, -0.1) is 0 Å². The van der Waals surface area contributed by atoms with Crippen LogP contribution in [0.1, 0.15) is 6.42 Å². The van der Waals surface area contributed by atoms with E-state index in [1.807, 2.05) is 24.3 Å². The average Bonchev–Trinajstić information content (AvgIpc) is 2.95. The number of ether oxygens (including phenoxy) is 1. The van der Waals surface area contributed by atoms with Gasteiger partial charge in [-0.3, -0.25) is 9.78 Å². The minimum atomic E-state index is -0.718. The van der Waals surface area contributed by atoms with E-state index in [0.29, 0.717) is 37.7 Å². The lowest BCUT2D eigenvalue weighted by atomic mass is 9.74. The molecule has 2 fully saturated rings. The van der Waals surface area contributed by atoms with E-state index in [2.05, 4.69) is 9.88 Å². The number of anilines is 1. The first-order valence-electron chi connectivity index (χ1n) is 7.70. The molecule has 0 bridgehead atoms. The Kier molecular flexibility index (Phi) is 3.43.